The maximum absolute atomic E-state index is 10.3. The number of rotatable bonds is 3. The Kier molecular flexibility index (Phi) is 2.96. The molecule has 2 rings (SSSR count). The van der Waals surface area contributed by atoms with Crippen LogP contribution in [0.1, 0.15) is 4.88 Å². The van der Waals surface area contributed by atoms with Crippen molar-refractivity contribution in [1.82, 2.24) is 4.98 Å². The number of thiazole rings is 1. The van der Waals surface area contributed by atoms with E-state index >= 15 is 0 Å². The maximum Gasteiger partial charge on any atom is 0.133 e. The molecule has 0 unspecified atom stereocenters. The minimum atomic E-state index is 0.441. The maximum atomic E-state index is 10.3. The highest BCUT2D eigenvalue weighted by Gasteiger charge is 2.06. The number of hydrogen-bond donors (Lipinski definition) is 0. The first-order valence-corrected chi connectivity index (χ1v) is 5.95. The topological polar surface area (TPSA) is 30.0 Å². The zero-order valence-electron chi connectivity index (χ0n) is 7.07. The van der Waals surface area contributed by atoms with Gasteiger partial charge in [-0.25, -0.2) is 4.98 Å². The molecule has 14 heavy (non-hydrogen) atoms. The summed E-state index contributed by atoms with van der Waals surface area (Å²) >= 11 is 8.85. The van der Waals surface area contributed by atoms with Crippen LogP contribution >= 0.6 is 34.3 Å². The van der Waals surface area contributed by atoms with Crippen molar-refractivity contribution >= 4 is 40.6 Å². The molecule has 0 aliphatic carbocycles. The van der Waals surface area contributed by atoms with E-state index in [1.165, 1.54) is 22.7 Å². The zero-order valence-corrected chi connectivity index (χ0v) is 9.46. The molecule has 72 valence electrons. The number of hydrogen-bond acceptors (Lipinski definition) is 4. The third kappa shape index (κ3) is 2.03. The zero-order chi connectivity index (χ0) is 9.97. The fourth-order valence-corrected chi connectivity index (χ4v) is 2.99. The monoisotopic (exact) mass is 243 g/mol. The van der Waals surface area contributed by atoms with Gasteiger partial charge in [0.2, 0.25) is 0 Å². The van der Waals surface area contributed by atoms with Gasteiger partial charge in [-0.05, 0) is 12.1 Å². The van der Waals surface area contributed by atoms with Gasteiger partial charge in [0.25, 0.3) is 0 Å². The number of aldehydes is 1. The van der Waals surface area contributed by atoms with Gasteiger partial charge < -0.3 is 4.79 Å². The quantitative estimate of drug-likeness (QED) is 0.775. The average Bonchev–Trinajstić information content (AvgIpc) is 2.74. The smallest absolute Gasteiger partial charge is 0.133 e. The number of nitrogens with zero attached hydrogens (tertiary/aromatic N) is 1. The molecule has 5 heteroatoms. The normalized spacial score (nSPS) is 10.4. The summed E-state index contributed by atoms with van der Waals surface area (Å²) in [7, 11) is 0. The fourth-order valence-electron chi connectivity index (χ4n) is 1.03. The Morgan fingerprint density at radius 3 is 2.93 bits per heavy atom. The summed E-state index contributed by atoms with van der Waals surface area (Å²) < 4.78 is 0.757. The van der Waals surface area contributed by atoms with Gasteiger partial charge in [-0.1, -0.05) is 11.6 Å². The van der Waals surface area contributed by atoms with E-state index in [0.717, 1.165) is 25.4 Å². The predicted molar refractivity (Wildman–Crippen MR) is 60.2 cm³/mol. The van der Waals surface area contributed by atoms with Crippen LogP contribution in [0.2, 0.25) is 4.34 Å². The summed E-state index contributed by atoms with van der Waals surface area (Å²) in [6.07, 6.45) is 3.07. The van der Waals surface area contributed by atoms with Crippen LogP contribution in [-0.2, 0) is 11.2 Å². The van der Waals surface area contributed by atoms with E-state index in [0.29, 0.717) is 6.42 Å². The van der Waals surface area contributed by atoms with Crippen LogP contribution in [0, 0.1) is 0 Å². The molecule has 0 saturated carbocycles. The van der Waals surface area contributed by atoms with Gasteiger partial charge in [-0.2, -0.15) is 0 Å². The van der Waals surface area contributed by atoms with Crippen molar-refractivity contribution in [1.29, 1.82) is 0 Å². The molecule has 2 aromatic heterocycles. The summed E-state index contributed by atoms with van der Waals surface area (Å²) in [4.78, 5) is 16.6. The Morgan fingerprint density at radius 1 is 1.43 bits per heavy atom. The number of carbonyl (C=O) groups excluding carboxylic acids is 1. The highest BCUT2D eigenvalue weighted by Crippen LogP contribution is 2.33. The molecule has 0 N–H and O–H groups in total. The van der Waals surface area contributed by atoms with Gasteiger partial charge in [0.05, 0.1) is 9.21 Å². The van der Waals surface area contributed by atoms with Crippen molar-refractivity contribution in [3.05, 3.63) is 27.5 Å². The minimum Gasteiger partial charge on any atom is -0.303 e. The number of aromatic nitrogens is 1. The van der Waals surface area contributed by atoms with Gasteiger partial charge in [-0.3, -0.25) is 0 Å². The summed E-state index contributed by atoms with van der Waals surface area (Å²) in [5.41, 5.74) is 0. The summed E-state index contributed by atoms with van der Waals surface area (Å²) in [5, 5.41) is 0.929. The lowest BCUT2D eigenvalue weighted by atomic mass is 10.4. The molecule has 2 nitrogen and oxygen atoms in total. The summed E-state index contributed by atoms with van der Waals surface area (Å²) in [6, 6.07) is 3.79. The van der Waals surface area contributed by atoms with Crippen LogP contribution in [0.5, 0.6) is 0 Å². The van der Waals surface area contributed by atoms with Gasteiger partial charge >= 0.3 is 0 Å². The Labute approximate surface area is 94.2 Å². The van der Waals surface area contributed by atoms with Crippen molar-refractivity contribution in [3.8, 4) is 9.88 Å². The van der Waals surface area contributed by atoms with Crippen LogP contribution in [0.25, 0.3) is 9.88 Å². The summed E-state index contributed by atoms with van der Waals surface area (Å²) in [6.45, 7) is 0. The minimum absolute atomic E-state index is 0.441. The van der Waals surface area contributed by atoms with Gasteiger partial charge in [-0.15, -0.1) is 22.7 Å². The molecule has 0 bridgehead atoms. The second-order valence-corrected chi connectivity index (χ2v) is 5.44. The third-order valence-corrected chi connectivity index (χ3v) is 4.04. The van der Waals surface area contributed by atoms with E-state index in [4.69, 9.17) is 11.6 Å². The molecule has 0 aromatic carbocycles. The first kappa shape index (κ1) is 9.83. The number of thiophene rings is 1. The Hall–Kier alpha value is -0.710. The lowest BCUT2D eigenvalue weighted by Crippen LogP contribution is -1.76. The van der Waals surface area contributed by atoms with Crippen molar-refractivity contribution in [2.75, 3.05) is 0 Å². The molecule has 0 amide bonds. The van der Waals surface area contributed by atoms with Crippen LogP contribution < -0.4 is 0 Å². The molecule has 0 atom stereocenters. The van der Waals surface area contributed by atoms with Crippen LogP contribution in [-0.4, -0.2) is 11.3 Å². The second kappa shape index (κ2) is 4.21. The van der Waals surface area contributed by atoms with E-state index < -0.39 is 0 Å². The van der Waals surface area contributed by atoms with Crippen LogP contribution in [0.4, 0.5) is 0 Å². The third-order valence-electron chi connectivity index (χ3n) is 1.62. The van der Waals surface area contributed by atoms with Crippen molar-refractivity contribution in [2.24, 2.45) is 0 Å². The SMILES string of the molecule is O=CCc1cnc(-c2ccc(Cl)s2)s1. The Balaban J connectivity index is 2.28. The average molecular weight is 244 g/mol. The predicted octanol–water partition coefficient (Wildman–Crippen LogP) is 3.27. The molecule has 2 aromatic rings. The molecule has 0 aliphatic rings. The van der Waals surface area contributed by atoms with Gasteiger partial charge in [0.1, 0.15) is 11.3 Å². The lowest BCUT2D eigenvalue weighted by Gasteiger charge is -1.85. The van der Waals surface area contributed by atoms with E-state index in [1.807, 2.05) is 12.1 Å². The first-order valence-electron chi connectivity index (χ1n) is 3.93. The highest BCUT2D eigenvalue weighted by atomic mass is 35.5. The largest absolute Gasteiger partial charge is 0.303 e. The van der Waals surface area contributed by atoms with E-state index in [1.54, 1.807) is 6.20 Å². The van der Waals surface area contributed by atoms with Crippen LogP contribution in [0.3, 0.4) is 0 Å². The second-order valence-electron chi connectivity index (χ2n) is 2.61. The van der Waals surface area contributed by atoms with Crippen molar-refractivity contribution in [2.45, 2.75) is 6.42 Å². The molecule has 0 fully saturated rings. The van der Waals surface area contributed by atoms with E-state index in [2.05, 4.69) is 4.98 Å². The molecule has 2 heterocycles. The standard InChI is InChI=1S/C9H6ClNOS2/c10-8-2-1-7(14-8)9-11-5-6(13-9)3-4-12/h1-2,4-5H,3H2. The fraction of sp³-hybridized carbons (Fsp3) is 0.111. The molecule has 0 spiro atoms. The molecule has 0 saturated heterocycles. The Morgan fingerprint density at radius 2 is 2.29 bits per heavy atom. The van der Waals surface area contributed by atoms with Crippen LogP contribution in [0.15, 0.2) is 18.3 Å². The lowest BCUT2D eigenvalue weighted by molar-refractivity contribution is -0.107. The van der Waals surface area contributed by atoms with Crippen molar-refractivity contribution in [3.63, 3.8) is 0 Å². The molecule has 0 aliphatic heterocycles. The van der Waals surface area contributed by atoms with Gasteiger partial charge in [0.15, 0.2) is 0 Å². The Bertz CT molecular complexity index is 449. The summed E-state index contributed by atoms with van der Waals surface area (Å²) in [5.74, 6) is 0. The molecule has 0 radical (unpaired) electrons. The van der Waals surface area contributed by atoms with E-state index in [-0.39, 0.29) is 0 Å². The first-order chi connectivity index (χ1) is 6.79. The number of halogens is 1. The molecular weight excluding hydrogens is 238 g/mol. The van der Waals surface area contributed by atoms with Crippen molar-refractivity contribution < 1.29 is 4.79 Å². The number of carbonyl (C=O) groups is 1. The van der Waals surface area contributed by atoms with E-state index in [9.17, 15) is 4.79 Å². The molecular formula is C9H6ClNOS2. The van der Waals surface area contributed by atoms with Gasteiger partial charge in [0, 0.05) is 17.5 Å². The highest BCUT2D eigenvalue weighted by molar-refractivity contribution is 7.23.